The molecule has 1 N–H and O–H groups in total. The highest BCUT2D eigenvalue weighted by Crippen LogP contribution is 2.24. The van der Waals surface area contributed by atoms with Crippen molar-refractivity contribution in [2.45, 2.75) is 26.7 Å². The molecule has 1 heterocycles. The van der Waals surface area contributed by atoms with Gasteiger partial charge in [-0.2, -0.15) is 5.10 Å². The minimum absolute atomic E-state index is 0.360. The monoisotopic (exact) mass is 317 g/mol. The summed E-state index contributed by atoms with van der Waals surface area (Å²) in [6.07, 6.45) is 3.42. The highest BCUT2D eigenvalue weighted by molar-refractivity contribution is 7.17. The van der Waals surface area contributed by atoms with Gasteiger partial charge in [-0.05, 0) is 24.0 Å². The summed E-state index contributed by atoms with van der Waals surface area (Å²) in [5.74, 6) is -0.360. The van der Waals surface area contributed by atoms with E-state index in [-0.39, 0.29) is 5.97 Å². The lowest BCUT2D eigenvalue weighted by atomic mass is 10.1. The number of hydrogen-bond acceptors (Lipinski definition) is 6. The van der Waals surface area contributed by atoms with Gasteiger partial charge in [0.1, 0.15) is 4.88 Å². The number of carbonyl (C=O) groups excluding carboxylic acids is 1. The minimum Gasteiger partial charge on any atom is -0.465 e. The molecule has 1 aromatic heterocycles. The van der Waals surface area contributed by atoms with Gasteiger partial charge in [0.05, 0.1) is 19.0 Å². The van der Waals surface area contributed by atoms with Crippen LogP contribution in [0.25, 0.3) is 0 Å². The number of carbonyl (C=O) groups is 1. The van der Waals surface area contributed by atoms with E-state index in [4.69, 9.17) is 4.74 Å². The summed E-state index contributed by atoms with van der Waals surface area (Å²) >= 11 is 1.25. The molecular formula is C16H19N3O2S. The third-order valence-corrected chi connectivity index (χ3v) is 4.15. The first-order chi connectivity index (χ1) is 10.7. The Balaban J connectivity index is 2.05. The Kier molecular flexibility index (Phi) is 5.66. The fraction of sp³-hybridized carbons (Fsp3) is 0.312. The van der Waals surface area contributed by atoms with Gasteiger partial charge in [0.25, 0.3) is 0 Å². The molecule has 116 valence electrons. The van der Waals surface area contributed by atoms with Crippen LogP contribution in [0, 0.1) is 0 Å². The molecule has 0 aliphatic rings. The van der Waals surface area contributed by atoms with E-state index < -0.39 is 0 Å². The smallest absolute Gasteiger partial charge is 0.350 e. The average molecular weight is 317 g/mol. The molecule has 0 aliphatic carbocycles. The highest BCUT2D eigenvalue weighted by atomic mass is 32.1. The number of nitrogens with one attached hydrogen (secondary N) is 1. The molecule has 6 heteroatoms. The van der Waals surface area contributed by atoms with Gasteiger partial charge in [-0.15, -0.1) is 0 Å². The third-order valence-electron chi connectivity index (χ3n) is 3.16. The highest BCUT2D eigenvalue weighted by Gasteiger charge is 2.17. The van der Waals surface area contributed by atoms with Gasteiger partial charge in [0.2, 0.25) is 5.13 Å². The maximum Gasteiger partial charge on any atom is 0.350 e. The van der Waals surface area contributed by atoms with E-state index in [1.807, 2.05) is 19.1 Å². The molecule has 0 fully saturated rings. The van der Waals surface area contributed by atoms with Crippen molar-refractivity contribution in [2.75, 3.05) is 12.5 Å². The van der Waals surface area contributed by atoms with Crippen molar-refractivity contribution < 1.29 is 9.53 Å². The Labute approximate surface area is 134 Å². The zero-order chi connectivity index (χ0) is 15.9. The molecule has 0 saturated carbocycles. The Morgan fingerprint density at radius 1 is 1.32 bits per heavy atom. The number of ether oxygens (including phenoxy) is 1. The Bertz CT molecular complexity index is 663. The van der Waals surface area contributed by atoms with Crippen LogP contribution in [-0.2, 0) is 17.6 Å². The number of methoxy groups -OCH3 is 1. The van der Waals surface area contributed by atoms with Crippen LogP contribution in [0.3, 0.4) is 0 Å². The van der Waals surface area contributed by atoms with Gasteiger partial charge in [-0.25, -0.2) is 9.78 Å². The van der Waals surface area contributed by atoms with E-state index in [2.05, 4.69) is 34.6 Å². The van der Waals surface area contributed by atoms with Crippen LogP contribution >= 0.6 is 11.3 Å². The van der Waals surface area contributed by atoms with E-state index in [0.29, 0.717) is 16.4 Å². The van der Waals surface area contributed by atoms with E-state index in [1.165, 1.54) is 24.0 Å². The first-order valence-corrected chi connectivity index (χ1v) is 7.95. The Hall–Kier alpha value is -2.21. The number of rotatable bonds is 6. The van der Waals surface area contributed by atoms with E-state index in [0.717, 1.165) is 17.7 Å². The predicted molar refractivity (Wildman–Crippen MR) is 89.9 cm³/mol. The number of hydrogen-bond donors (Lipinski definition) is 1. The molecule has 0 aliphatic heterocycles. The molecule has 22 heavy (non-hydrogen) atoms. The molecule has 0 bridgehead atoms. The van der Waals surface area contributed by atoms with Crippen LogP contribution in [-0.4, -0.2) is 24.3 Å². The number of nitrogens with zero attached hydrogens (tertiary/aromatic N) is 2. The van der Waals surface area contributed by atoms with Crippen molar-refractivity contribution in [3.05, 3.63) is 46.0 Å². The molecule has 5 nitrogen and oxygen atoms in total. The first kappa shape index (κ1) is 16.2. The number of aryl methyl sites for hydroxylation is 2. The molecule has 1 aromatic carbocycles. The van der Waals surface area contributed by atoms with Crippen LogP contribution in [0.2, 0.25) is 0 Å². The van der Waals surface area contributed by atoms with Crippen molar-refractivity contribution in [2.24, 2.45) is 5.10 Å². The van der Waals surface area contributed by atoms with Gasteiger partial charge in [-0.1, -0.05) is 49.4 Å². The molecule has 0 saturated heterocycles. The second kappa shape index (κ2) is 7.70. The lowest BCUT2D eigenvalue weighted by molar-refractivity contribution is 0.0605. The lowest BCUT2D eigenvalue weighted by Gasteiger charge is -1.97. The summed E-state index contributed by atoms with van der Waals surface area (Å²) in [5.41, 5.74) is 5.89. The van der Waals surface area contributed by atoms with E-state index in [9.17, 15) is 4.79 Å². The van der Waals surface area contributed by atoms with Gasteiger partial charge >= 0.3 is 5.97 Å². The topological polar surface area (TPSA) is 63.6 Å². The Morgan fingerprint density at radius 3 is 2.64 bits per heavy atom. The van der Waals surface area contributed by atoms with Crippen LogP contribution in [0.4, 0.5) is 5.13 Å². The van der Waals surface area contributed by atoms with Crippen molar-refractivity contribution >= 4 is 28.7 Å². The molecule has 0 unspecified atom stereocenters. The van der Waals surface area contributed by atoms with Crippen molar-refractivity contribution in [3.8, 4) is 0 Å². The number of esters is 1. The largest absolute Gasteiger partial charge is 0.465 e. The summed E-state index contributed by atoms with van der Waals surface area (Å²) in [7, 11) is 1.37. The van der Waals surface area contributed by atoms with Crippen molar-refractivity contribution in [3.63, 3.8) is 0 Å². The van der Waals surface area contributed by atoms with Gasteiger partial charge < -0.3 is 4.74 Å². The van der Waals surface area contributed by atoms with Crippen LogP contribution < -0.4 is 5.43 Å². The number of anilines is 1. The first-order valence-electron chi connectivity index (χ1n) is 7.14. The summed E-state index contributed by atoms with van der Waals surface area (Å²) in [5, 5.41) is 4.74. The second-order valence-electron chi connectivity index (χ2n) is 4.61. The number of aromatic nitrogens is 1. The maximum atomic E-state index is 11.6. The van der Waals surface area contributed by atoms with Gasteiger partial charge in [0, 0.05) is 0 Å². The number of hydrazone groups is 1. The number of benzene rings is 1. The fourth-order valence-electron chi connectivity index (χ4n) is 1.89. The molecule has 0 spiro atoms. The lowest BCUT2D eigenvalue weighted by Crippen LogP contribution is -2.01. The van der Waals surface area contributed by atoms with Crippen LogP contribution in [0.5, 0.6) is 0 Å². The van der Waals surface area contributed by atoms with Crippen LogP contribution in [0.15, 0.2) is 29.4 Å². The number of thiazole rings is 1. The molecule has 0 amide bonds. The van der Waals surface area contributed by atoms with Gasteiger partial charge in [-0.3, -0.25) is 5.43 Å². The molecule has 0 atom stereocenters. The zero-order valence-electron chi connectivity index (χ0n) is 12.9. The van der Waals surface area contributed by atoms with Crippen molar-refractivity contribution in [1.82, 2.24) is 4.98 Å². The Morgan fingerprint density at radius 2 is 2.05 bits per heavy atom. The minimum atomic E-state index is -0.360. The van der Waals surface area contributed by atoms with Crippen molar-refractivity contribution in [1.29, 1.82) is 0 Å². The summed E-state index contributed by atoms with van der Waals surface area (Å²) in [6.45, 7) is 4.07. The molecule has 2 rings (SSSR count). The SMILES string of the molecule is CCc1ccc(/C=N\Nc2nc(CC)c(C(=O)OC)s2)cc1. The molecule has 2 aromatic rings. The van der Waals surface area contributed by atoms with E-state index in [1.54, 1.807) is 6.21 Å². The summed E-state index contributed by atoms with van der Waals surface area (Å²) < 4.78 is 4.75. The zero-order valence-corrected chi connectivity index (χ0v) is 13.7. The van der Waals surface area contributed by atoms with E-state index >= 15 is 0 Å². The third kappa shape index (κ3) is 3.92. The summed E-state index contributed by atoms with van der Waals surface area (Å²) in [4.78, 5) is 16.5. The van der Waals surface area contributed by atoms with Crippen LogP contribution in [0.1, 0.15) is 40.3 Å². The fourth-order valence-corrected chi connectivity index (χ4v) is 2.81. The maximum absolute atomic E-state index is 11.6. The average Bonchev–Trinajstić information content (AvgIpc) is 2.98. The predicted octanol–water partition coefficient (Wildman–Crippen LogP) is 3.50. The van der Waals surface area contributed by atoms with Gasteiger partial charge in [0.15, 0.2) is 0 Å². The normalized spacial score (nSPS) is 10.9. The molecular weight excluding hydrogens is 298 g/mol. The quantitative estimate of drug-likeness (QED) is 0.503. The second-order valence-corrected chi connectivity index (χ2v) is 5.60. The standard InChI is InChI=1S/C16H19N3O2S/c1-4-11-6-8-12(9-7-11)10-17-19-16-18-13(5-2)14(22-16)15(20)21-3/h6-10H,4-5H2,1-3H3,(H,18,19)/b17-10-. The summed E-state index contributed by atoms with van der Waals surface area (Å²) in [6, 6.07) is 8.19. The molecule has 0 radical (unpaired) electrons.